The summed E-state index contributed by atoms with van der Waals surface area (Å²) in [5.74, 6) is 0.425. The summed E-state index contributed by atoms with van der Waals surface area (Å²) in [6.45, 7) is 3.10. The number of fused-ring (bicyclic) bond motifs is 1. The van der Waals surface area contributed by atoms with Crippen LogP contribution in [0.1, 0.15) is 17.7 Å². The van der Waals surface area contributed by atoms with E-state index in [9.17, 15) is 13.5 Å². The van der Waals surface area contributed by atoms with Gasteiger partial charge in [0.1, 0.15) is 5.65 Å². The Hall–Kier alpha value is -1.44. The van der Waals surface area contributed by atoms with Crippen LogP contribution in [-0.2, 0) is 16.4 Å². The molecule has 6 nitrogen and oxygen atoms in total. The van der Waals surface area contributed by atoms with Crippen LogP contribution >= 0.6 is 0 Å². The van der Waals surface area contributed by atoms with Gasteiger partial charge in [-0.1, -0.05) is 0 Å². The second-order valence-electron chi connectivity index (χ2n) is 5.93. The van der Waals surface area contributed by atoms with Gasteiger partial charge in [0.15, 0.2) is 9.84 Å². The maximum absolute atomic E-state index is 11.7. The Morgan fingerprint density at radius 1 is 1.50 bits per heavy atom. The summed E-state index contributed by atoms with van der Waals surface area (Å²) in [5, 5.41) is 9.29. The highest BCUT2D eigenvalue weighted by Crippen LogP contribution is 2.20. The first-order valence-corrected chi connectivity index (χ1v) is 9.28. The van der Waals surface area contributed by atoms with Gasteiger partial charge in [0.25, 0.3) is 0 Å². The normalized spacial score (nSPS) is 21.0. The van der Waals surface area contributed by atoms with E-state index in [1.54, 1.807) is 0 Å². The number of hydrogen-bond acceptors (Lipinski definition) is 5. The lowest BCUT2D eigenvalue weighted by Crippen LogP contribution is -2.38. The number of aromatic nitrogens is 2. The minimum Gasteiger partial charge on any atom is -0.395 e. The largest absolute Gasteiger partial charge is 0.395 e. The maximum Gasteiger partial charge on any atom is 0.151 e. The van der Waals surface area contributed by atoms with Gasteiger partial charge in [0.05, 0.1) is 30.0 Å². The fraction of sp³-hybridized carbons (Fsp3) is 0.533. The van der Waals surface area contributed by atoms with Crippen molar-refractivity contribution in [1.29, 1.82) is 0 Å². The standard InChI is InChI=1S/C15H21N3O3S/c1-12-2-4-18-14(9-16-15(18)8-12)10-17(5-6-19)13-3-7-22(20,21)11-13/h2,4,8-9,13,19H,3,5-7,10-11H2,1H3. The third-order valence-electron chi connectivity index (χ3n) is 4.22. The summed E-state index contributed by atoms with van der Waals surface area (Å²) in [4.78, 5) is 6.45. The van der Waals surface area contributed by atoms with E-state index in [2.05, 4.69) is 4.98 Å². The van der Waals surface area contributed by atoms with Crippen LogP contribution in [0.5, 0.6) is 0 Å². The molecule has 2 aromatic heterocycles. The zero-order valence-corrected chi connectivity index (χ0v) is 13.5. The Bertz CT molecular complexity index is 769. The molecule has 1 fully saturated rings. The Kier molecular flexibility index (Phi) is 4.20. The van der Waals surface area contributed by atoms with Crippen LogP contribution in [0.4, 0.5) is 0 Å². The number of aliphatic hydroxyl groups excluding tert-OH is 1. The predicted molar refractivity (Wildman–Crippen MR) is 84.5 cm³/mol. The van der Waals surface area contributed by atoms with Crippen LogP contribution in [0.3, 0.4) is 0 Å². The second-order valence-corrected chi connectivity index (χ2v) is 8.16. The summed E-state index contributed by atoms with van der Waals surface area (Å²) in [6, 6.07) is 4.02. The van der Waals surface area contributed by atoms with Gasteiger partial charge in [-0.3, -0.25) is 4.90 Å². The summed E-state index contributed by atoms with van der Waals surface area (Å²) in [7, 11) is -2.93. The number of imidazole rings is 1. The van der Waals surface area contributed by atoms with Crippen molar-refractivity contribution in [2.45, 2.75) is 25.9 Å². The van der Waals surface area contributed by atoms with Gasteiger partial charge in [-0.15, -0.1) is 0 Å². The Balaban J connectivity index is 1.83. The lowest BCUT2D eigenvalue weighted by Gasteiger charge is -2.26. The highest BCUT2D eigenvalue weighted by molar-refractivity contribution is 7.91. The minimum atomic E-state index is -2.93. The molecule has 120 valence electrons. The molecular formula is C15H21N3O3S. The molecule has 0 radical (unpaired) electrons. The molecule has 0 aliphatic carbocycles. The van der Waals surface area contributed by atoms with Gasteiger partial charge in [-0.05, 0) is 31.0 Å². The van der Waals surface area contributed by atoms with E-state index in [-0.39, 0.29) is 24.2 Å². The van der Waals surface area contributed by atoms with E-state index in [1.165, 1.54) is 0 Å². The molecule has 1 aliphatic heterocycles. The molecule has 1 saturated heterocycles. The van der Waals surface area contributed by atoms with E-state index in [0.29, 0.717) is 19.5 Å². The monoisotopic (exact) mass is 323 g/mol. The van der Waals surface area contributed by atoms with E-state index in [0.717, 1.165) is 16.9 Å². The summed E-state index contributed by atoms with van der Waals surface area (Å²) >= 11 is 0. The zero-order chi connectivity index (χ0) is 15.7. The number of nitrogens with zero attached hydrogens (tertiary/aromatic N) is 3. The Morgan fingerprint density at radius 2 is 2.32 bits per heavy atom. The molecule has 0 spiro atoms. The molecule has 1 aliphatic rings. The minimum absolute atomic E-state index is 0.0202. The third-order valence-corrected chi connectivity index (χ3v) is 5.97. The predicted octanol–water partition coefficient (Wildman–Crippen LogP) is 0.624. The van der Waals surface area contributed by atoms with Crippen LogP contribution in [0.25, 0.3) is 5.65 Å². The fourth-order valence-electron chi connectivity index (χ4n) is 3.04. The number of sulfone groups is 1. The Labute approximate surface area is 130 Å². The van der Waals surface area contributed by atoms with Crippen LogP contribution in [0, 0.1) is 6.92 Å². The van der Waals surface area contributed by atoms with Crippen LogP contribution < -0.4 is 0 Å². The van der Waals surface area contributed by atoms with Crippen molar-refractivity contribution in [3.63, 3.8) is 0 Å². The van der Waals surface area contributed by atoms with Crippen molar-refractivity contribution in [3.05, 3.63) is 35.8 Å². The first kappa shape index (κ1) is 15.5. The molecule has 0 aromatic carbocycles. The number of aryl methyl sites for hydroxylation is 1. The average Bonchev–Trinajstić information content (AvgIpc) is 3.01. The molecule has 1 unspecified atom stereocenters. The zero-order valence-electron chi connectivity index (χ0n) is 12.6. The summed E-state index contributed by atoms with van der Waals surface area (Å²) in [5.41, 5.74) is 3.05. The summed E-state index contributed by atoms with van der Waals surface area (Å²) in [6.07, 6.45) is 4.44. The van der Waals surface area contributed by atoms with E-state index < -0.39 is 9.84 Å². The number of aliphatic hydroxyl groups is 1. The average molecular weight is 323 g/mol. The molecule has 0 bridgehead atoms. The van der Waals surface area contributed by atoms with Gasteiger partial charge in [-0.2, -0.15) is 0 Å². The smallest absolute Gasteiger partial charge is 0.151 e. The molecule has 7 heteroatoms. The molecule has 0 saturated carbocycles. The van der Waals surface area contributed by atoms with Gasteiger partial charge < -0.3 is 9.51 Å². The lowest BCUT2D eigenvalue weighted by molar-refractivity contribution is 0.152. The van der Waals surface area contributed by atoms with Crippen molar-refractivity contribution in [1.82, 2.24) is 14.3 Å². The van der Waals surface area contributed by atoms with Crippen molar-refractivity contribution in [2.24, 2.45) is 0 Å². The van der Waals surface area contributed by atoms with Crippen LogP contribution in [0.15, 0.2) is 24.5 Å². The lowest BCUT2D eigenvalue weighted by atomic mass is 10.2. The molecule has 2 aromatic rings. The van der Waals surface area contributed by atoms with Crippen LogP contribution in [0.2, 0.25) is 0 Å². The molecule has 3 rings (SSSR count). The molecule has 3 heterocycles. The third kappa shape index (κ3) is 3.16. The SMILES string of the molecule is Cc1ccn2c(CN(CCO)C3CCS(=O)(=O)C3)cnc2c1. The van der Waals surface area contributed by atoms with E-state index in [4.69, 9.17) is 0 Å². The van der Waals surface area contributed by atoms with Gasteiger partial charge >= 0.3 is 0 Å². The first-order valence-electron chi connectivity index (χ1n) is 7.46. The highest BCUT2D eigenvalue weighted by atomic mass is 32.2. The number of pyridine rings is 1. The van der Waals surface area contributed by atoms with Gasteiger partial charge in [-0.25, -0.2) is 13.4 Å². The van der Waals surface area contributed by atoms with Crippen molar-refractivity contribution >= 4 is 15.5 Å². The second kappa shape index (κ2) is 5.98. The van der Waals surface area contributed by atoms with E-state index in [1.807, 2.05) is 40.8 Å². The molecule has 22 heavy (non-hydrogen) atoms. The molecule has 0 amide bonds. The van der Waals surface area contributed by atoms with Crippen molar-refractivity contribution in [2.75, 3.05) is 24.7 Å². The van der Waals surface area contributed by atoms with Gasteiger partial charge in [0.2, 0.25) is 0 Å². The van der Waals surface area contributed by atoms with E-state index >= 15 is 0 Å². The molecular weight excluding hydrogens is 302 g/mol. The topological polar surface area (TPSA) is 74.9 Å². The van der Waals surface area contributed by atoms with Crippen molar-refractivity contribution in [3.8, 4) is 0 Å². The number of rotatable bonds is 5. The maximum atomic E-state index is 11.7. The molecule has 1 atom stereocenters. The van der Waals surface area contributed by atoms with Gasteiger partial charge in [0, 0.05) is 25.3 Å². The number of hydrogen-bond donors (Lipinski definition) is 1. The molecule has 1 N–H and O–H groups in total. The van der Waals surface area contributed by atoms with Crippen LogP contribution in [-0.4, -0.2) is 58.5 Å². The first-order chi connectivity index (χ1) is 10.5. The van der Waals surface area contributed by atoms with Crippen molar-refractivity contribution < 1.29 is 13.5 Å². The summed E-state index contributed by atoms with van der Waals surface area (Å²) < 4.78 is 25.4. The quantitative estimate of drug-likeness (QED) is 0.873. The fourth-order valence-corrected chi connectivity index (χ4v) is 4.80. The highest BCUT2D eigenvalue weighted by Gasteiger charge is 2.32. The Morgan fingerprint density at radius 3 is 3.00 bits per heavy atom.